The van der Waals surface area contributed by atoms with Gasteiger partial charge in [-0.05, 0) is 99.8 Å². The van der Waals surface area contributed by atoms with Crippen molar-refractivity contribution in [1.82, 2.24) is 31.1 Å². The van der Waals surface area contributed by atoms with Crippen molar-refractivity contribution in [3.05, 3.63) is 37.1 Å². The van der Waals surface area contributed by atoms with Crippen molar-refractivity contribution in [3.8, 4) is 0 Å². The minimum absolute atomic E-state index is 0. The zero-order valence-electron chi connectivity index (χ0n) is 40.6. The second-order valence-electron chi connectivity index (χ2n) is 20.2. The predicted molar refractivity (Wildman–Crippen MR) is 242 cm³/mol. The molecule has 2 aliphatic carbocycles. The van der Waals surface area contributed by atoms with Crippen LogP contribution in [0.5, 0.6) is 0 Å². The van der Waals surface area contributed by atoms with Crippen LogP contribution in [-0.4, -0.2) is 129 Å². The average molecular weight is 1290 g/mol. The van der Waals surface area contributed by atoms with E-state index in [4.69, 9.17) is 14.2 Å². The number of nitrogens with one attached hydrogen (secondary N) is 4. The Morgan fingerprint density at radius 2 is 1.10 bits per heavy atom. The quantitative estimate of drug-likeness (QED) is 0.108. The topological polar surface area (TPSA) is 239 Å². The minimum atomic E-state index is -1.31. The number of rotatable bonds is 5. The van der Waals surface area contributed by atoms with Gasteiger partial charge < -0.3 is 63.2 Å². The number of ether oxygens (including phenoxy) is 3. The van der Waals surface area contributed by atoms with Crippen molar-refractivity contribution in [2.75, 3.05) is 19.7 Å². The van der Waals surface area contributed by atoms with Gasteiger partial charge in [0.2, 0.25) is 23.6 Å². The van der Waals surface area contributed by atoms with E-state index in [1.807, 2.05) is 31.1 Å². The molecule has 6 rings (SSSR count). The number of hydrogen-bond donors (Lipinski definition) is 5. The molecule has 0 aromatic rings. The molecule has 2 saturated heterocycles. The summed E-state index contributed by atoms with van der Waals surface area (Å²) in [6.07, 6.45) is 19.4. The molecule has 5 N–H and O–H groups in total. The number of alkyl carbamates (subject to hydrolysis) is 2. The molecular formula is C48H72N6O12W2-2. The maximum atomic E-state index is 13.5. The number of nitrogens with zero attached hydrogens (tertiary/aromatic N) is 2. The molecule has 68 heavy (non-hydrogen) atoms. The Morgan fingerprint density at radius 3 is 1.51 bits per heavy atom. The van der Waals surface area contributed by atoms with Gasteiger partial charge in [0, 0.05) is 54.0 Å². The summed E-state index contributed by atoms with van der Waals surface area (Å²) in [5.74, 6) is -3.38. The molecule has 20 heteroatoms. The molecule has 380 valence electrons. The normalized spacial score (nSPS) is 30.9. The molecule has 18 nitrogen and oxygen atoms in total. The monoisotopic (exact) mass is 1290 g/mol. The van der Waals surface area contributed by atoms with Gasteiger partial charge in [0.15, 0.2) is 0 Å². The standard InChI is InChI=1S/C25H38N3O6.C23H34N3O6.2W/c1-5-33-22(31)25-16-17(25)12-9-7-6-8-10-13-18(26-23(32)34-24(2,3)4)21(30)28-15-11-14-19(28)20(29)27-25;1-22(2,3)32-21(31)24-16-11-8-6-4-5-7-10-15-14-23(15,20(29)30)25-18(27)17-12-9-13-26(17)19(16)28;;/h9,11-12,17-19H,5-8,10,13-16H2,1-4H3,(H,26,32)(H,27,29);7,9-10,15-17H,4-6,8,11-14H2,1-3H3,(H,24,31)(H,25,27)(H,29,30);;/q2*-1;;/b12-9-;10-7-;;/t17-,18+,19+,25-;15-,16+,17+,23-;;/m11../s1. The van der Waals surface area contributed by atoms with Crippen molar-refractivity contribution >= 4 is 47.8 Å². The molecule has 0 bridgehead atoms. The summed E-state index contributed by atoms with van der Waals surface area (Å²) in [6.45, 7) is 13.1. The van der Waals surface area contributed by atoms with Crippen LogP contribution >= 0.6 is 0 Å². The van der Waals surface area contributed by atoms with Gasteiger partial charge in [-0.2, -0.15) is 0 Å². The molecule has 0 radical (unpaired) electrons. The number of aliphatic carboxylic acids is 1. The first-order chi connectivity index (χ1) is 31.1. The third-order valence-electron chi connectivity index (χ3n) is 12.5. The van der Waals surface area contributed by atoms with Crippen LogP contribution in [-0.2, 0) is 85.1 Å². The van der Waals surface area contributed by atoms with Crippen molar-refractivity contribution in [1.29, 1.82) is 0 Å². The third-order valence-corrected chi connectivity index (χ3v) is 12.5. The summed E-state index contributed by atoms with van der Waals surface area (Å²) >= 11 is 0. The van der Waals surface area contributed by atoms with Gasteiger partial charge in [-0.3, -0.25) is 19.2 Å². The number of carbonyl (C=O) groups excluding carboxylic acids is 7. The SMILES string of the molecule is CC(C)(C)OC(=O)N[C@H]1CCCCC/C=C\[C@@H]2C[C@@]2(C(=O)O)NC(=O)[C@@H]2C[CH-]CN2C1=O.CCOC(=O)[C@@]12C[C@H]1/C=C\CCCCC[C@H](NC(=O)OC(C)(C)C)C(=O)N1C[CH-]C[C@H]1C(=O)N2.[W].[W]. The Kier molecular flexibility index (Phi) is 21.8. The Labute approximate surface area is 429 Å². The van der Waals surface area contributed by atoms with Crippen LogP contribution in [0.4, 0.5) is 9.59 Å². The molecule has 4 heterocycles. The smallest absolute Gasteiger partial charge is 0.408 e. The van der Waals surface area contributed by atoms with E-state index in [0.717, 1.165) is 51.4 Å². The molecule has 0 aromatic carbocycles. The van der Waals surface area contributed by atoms with Crippen LogP contribution < -0.4 is 21.3 Å². The molecule has 6 amide bonds. The number of carbonyl (C=O) groups is 8. The van der Waals surface area contributed by atoms with E-state index in [9.17, 15) is 43.5 Å². The molecule has 4 aliphatic heterocycles. The maximum Gasteiger partial charge on any atom is 0.408 e. The van der Waals surface area contributed by atoms with Crippen LogP contribution in [0.15, 0.2) is 24.3 Å². The predicted octanol–water partition coefficient (Wildman–Crippen LogP) is 4.80. The molecule has 2 saturated carbocycles. The molecular weight excluding hydrogens is 1220 g/mol. The van der Waals surface area contributed by atoms with Gasteiger partial charge in [-0.15, -0.1) is 25.9 Å². The number of fused-ring (bicyclic) bond motifs is 4. The first kappa shape index (κ1) is 58.5. The van der Waals surface area contributed by atoms with Gasteiger partial charge in [0.05, 0.1) is 18.7 Å². The van der Waals surface area contributed by atoms with E-state index in [0.29, 0.717) is 45.1 Å². The fourth-order valence-electron chi connectivity index (χ4n) is 8.93. The van der Waals surface area contributed by atoms with Crippen LogP contribution in [0.2, 0.25) is 0 Å². The van der Waals surface area contributed by atoms with Crippen molar-refractivity contribution < 1.29 is 99.8 Å². The summed E-state index contributed by atoms with van der Waals surface area (Å²) < 4.78 is 15.9. The molecule has 8 atom stereocenters. The fraction of sp³-hybridized carbons (Fsp3) is 0.708. The second-order valence-corrected chi connectivity index (χ2v) is 20.2. The number of amides is 6. The van der Waals surface area contributed by atoms with E-state index in [2.05, 4.69) is 27.3 Å². The van der Waals surface area contributed by atoms with Gasteiger partial charge in [-0.25, -0.2) is 19.2 Å². The Morgan fingerprint density at radius 1 is 0.691 bits per heavy atom. The van der Waals surface area contributed by atoms with E-state index in [-0.39, 0.29) is 84.8 Å². The van der Waals surface area contributed by atoms with Crippen molar-refractivity contribution in [2.45, 2.75) is 185 Å². The van der Waals surface area contributed by atoms with E-state index < -0.39 is 76.5 Å². The fourth-order valence-corrected chi connectivity index (χ4v) is 8.93. The zero-order chi connectivity index (χ0) is 48.5. The van der Waals surface area contributed by atoms with Crippen LogP contribution in [0.25, 0.3) is 0 Å². The molecule has 0 spiro atoms. The largest absolute Gasteiger partial charge is 0.479 e. The van der Waals surface area contributed by atoms with Crippen molar-refractivity contribution in [2.24, 2.45) is 11.8 Å². The van der Waals surface area contributed by atoms with Gasteiger partial charge >= 0.3 is 24.1 Å². The summed E-state index contributed by atoms with van der Waals surface area (Å²) in [7, 11) is 0. The molecule has 0 aromatic heterocycles. The molecule has 4 fully saturated rings. The van der Waals surface area contributed by atoms with Crippen molar-refractivity contribution in [3.63, 3.8) is 0 Å². The summed E-state index contributed by atoms with van der Waals surface area (Å²) in [6, 6.07) is -3.13. The molecule has 0 unspecified atom stereocenters. The Balaban J connectivity index is 0.000000351. The van der Waals surface area contributed by atoms with Crippen LogP contribution in [0.1, 0.15) is 138 Å². The van der Waals surface area contributed by atoms with Gasteiger partial charge in [0.25, 0.3) is 0 Å². The summed E-state index contributed by atoms with van der Waals surface area (Å²) in [4.78, 5) is 105. The van der Waals surface area contributed by atoms with Crippen LogP contribution in [0.3, 0.4) is 0 Å². The number of carboxylic acid groups (broad SMARTS) is 1. The first-order valence-electron chi connectivity index (χ1n) is 23.7. The number of carboxylic acids is 1. The van der Waals surface area contributed by atoms with Gasteiger partial charge in [0.1, 0.15) is 34.4 Å². The number of esters is 1. The second kappa shape index (κ2) is 25.4. The average Bonchev–Trinajstić information content (AvgIpc) is 3.89. The summed E-state index contributed by atoms with van der Waals surface area (Å²) in [5, 5.41) is 20.7. The van der Waals surface area contributed by atoms with E-state index in [1.54, 1.807) is 48.5 Å². The van der Waals surface area contributed by atoms with E-state index in [1.165, 1.54) is 9.80 Å². The van der Waals surface area contributed by atoms with Crippen LogP contribution in [0, 0.1) is 24.7 Å². The number of allylic oxidation sites excluding steroid dienone is 2. The van der Waals surface area contributed by atoms with E-state index >= 15 is 0 Å². The maximum absolute atomic E-state index is 13.5. The zero-order valence-corrected chi connectivity index (χ0v) is 46.5. The first-order valence-corrected chi connectivity index (χ1v) is 23.7. The third kappa shape index (κ3) is 15.9. The summed E-state index contributed by atoms with van der Waals surface area (Å²) in [5.41, 5.74) is -3.77. The minimum Gasteiger partial charge on any atom is -0.479 e. The van der Waals surface area contributed by atoms with Gasteiger partial charge in [-0.1, -0.05) is 50.0 Å². The Bertz CT molecular complexity index is 1890. The number of hydrogen-bond acceptors (Lipinski definition) is 11. The Hall–Kier alpha value is -3.78. The molecule has 6 aliphatic rings.